The van der Waals surface area contributed by atoms with Crippen LogP contribution in [0.5, 0.6) is 5.75 Å². The third-order valence-electron chi connectivity index (χ3n) is 7.68. The van der Waals surface area contributed by atoms with Crippen LogP contribution < -0.4 is 10.1 Å². The number of rotatable bonds is 5. The summed E-state index contributed by atoms with van der Waals surface area (Å²) in [6, 6.07) is 3.09. The molecule has 3 rings (SSSR count). The monoisotopic (exact) mass is 471 g/mol. The van der Waals surface area contributed by atoms with E-state index in [2.05, 4.69) is 26.1 Å². The van der Waals surface area contributed by atoms with Crippen molar-refractivity contribution in [3.05, 3.63) is 28.8 Å². The molecule has 0 unspecified atom stereocenters. The van der Waals surface area contributed by atoms with Gasteiger partial charge in [-0.3, -0.25) is 0 Å². The molecule has 0 bridgehead atoms. The van der Waals surface area contributed by atoms with Gasteiger partial charge in [0.1, 0.15) is 11.3 Å². The molecule has 0 aromatic heterocycles. The number of aliphatic hydroxyl groups is 1. The van der Waals surface area contributed by atoms with Crippen LogP contribution in [0.1, 0.15) is 76.5 Å². The van der Waals surface area contributed by atoms with Gasteiger partial charge in [-0.25, -0.2) is 4.79 Å². The zero-order valence-electron chi connectivity index (χ0n) is 19.9. The van der Waals surface area contributed by atoms with Crippen LogP contribution in [0.2, 0.25) is 0 Å². The van der Waals surface area contributed by atoms with Crippen LogP contribution in [0.4, 0.5) is 18.0 Å². The van der Waals surface area contributed by atoms with Gasteiger partial charge in [-0.2, -0.15) is 13.2 Å². The molecular weight excluding hydrogens is 435 g/mol. The Bertz CT molecular complexity index is 856. The smallest absolute Gasteiger partial charge is 0.420 e. The van der Waals surface area contributed by atoms with E-state index in [4.69, 9.17) is 9.84 Å². The minimum Gasteiger partial charge on any atom is -0.490 e. The highest BCUT2D eigenvalue weighted by Crippen LogP contribution is 2.46. The number of benzene rings is 1. The topological polar surface area (TPSA) is 78.8 Å². The Balaban J connectivity index is 1.83. The average molecular weight is 472 g/mol. The summed E-state index contributed by atoms with van der Waals surface area (Å²) in [6.45, 7) is 7.76. The highest BCUT2D eigenvalue weighted by molar-refractivity contribution is 5.65. The number of aliphatic hydroxyl groups excluding tert-OH is 1. The molecule has 0 radical (unpaired) electrons. The van der Waals surface area contributed by atoms with Crippen LogP contribution >= 0.6 is 0 Å². The Labute approximate surface area is 193 Å². The first-order chi connectivity index (χ1) is 15.2. The Morgan fingerprint density at radius 2 is 1.70 bits per heavy atom. The summed E-state index contributed by atoms with van der Waals surface area (Å²) in [7, 11) is 0. The molecular formula is C25H36F3NO4. The van der Waals surface area contributed by atoms with Gasteiger partial charge in [-0.15, -0.1) is 0 Å². The summed E-state index contributed by atoms with van der Waals surface area (Å²) in [6.07, 6.45) is -1.91. The van der Waals surface area contributed by atoms with E-state index in [0.29, 0.717) is 17.9 Å². The Hall–Kier alpha value is -1.96. The third-order valence-corrected chi connectivity index (χ3v) is 7.68. The molecule has 2 aliphatic rings. The Kier molecular flexibility index (Phi) is 7.27. The molecule has 0 aliphatic heterocycles. The molecule has 1 aromatic rings. The van der Waals surface area contributed by atoms with Crippen molar-refractivity contribution in [3.63, 3.8) is 0 Å². The number of carbonyl (C=O) groups is 1. The number of ether oxygens (including phenoxy) is 1. The van der Waals surface area contributed by atoms with Gasteiger partial charge < -0.3 is 20.3 Å². The molecule has 0 saturated heterocycles. The molecule has 2 aliphatic carbocycles. The van der Waals surface area contributed by atoms with Crippen LogP contribution in [0.3, 0.4) is 0 Å². The van der Waals surface area contributed by atoms with Gasteiger partial charge >= 0.3 is 12.3 Å². The normalized spacial score (nSPS) is 25.6. The predicted octanol–water partition coefficient (Wildman–Crippen LogP) is 5.81. The van der Waals surface area contributed by atoms with Crippen LogP contribution in [-0.2, 0) is 19.0 Å². The van der Waals surface area contributed by atoms with Crippen molar-refractivity contribution < 1.29 is 32.9 Å². The van der Waals surface area contributed by atoms with Gasteiger partial charge in [-0.05, 0) is 86.3 Å². The lowest BCUT2D eigenvalue weighted by Crippen LogP contribution is -2.55. The fraction of sp³-hybridized carbons (Fsp3) is 0.720. The van der Waals surface area contributed by atoms with E-state index in [9.17, 15) is 23.1 Å². The van der Waals surface area contributed by atoms with Crippen LogP contribution in [0.25, 0.3) is 0 Å². The highest BCUT2D eigenvalue weighted by Gasteiger charge is 2.43. The lowest BCUT2D eigenvalue weighted by atomic mass is 9.72. The number of hydrogen-bond acceptors (Lipinski definition) is 3. The first-order valence-electron chi connectivity index (χ1n) is 11.7. The number of fused-ring (bicyclic) bond motifs is 1. The lowest BCUT2D eigenvalue weighted by Gasteiger charge is -2.40. The quantitative estimate of drug-likeness (QED) is 0.506. The van der Waals surface area contributed by atoms with Gasteiger partial charge in [-0.1, -0.05) is 26.8 Å². The summed E-state index contributed by atoms with van der Waals surface area (Å²) in [4.78, 5) is 11.2. The SMILES string of the molecule is CC(C)(C)C1CCC(Oc2ccc3c(c2C(F)(F)F)CC[C@H]([C@](C)(CO)NC(=O)O)C3)CC1. The zero-order valence-corrected chi connectivity index (χ0v) is 19.9. The molecule has 33 heavy (non-hydrogen) atoms. The van der Waals surface area contributed by atoms with Crippen molar-refractivity contribution in [2.24, 2.45) is 17.3 Å². The maximum absolute atomic E-state index is 14.2. The molecule has 8 heteroatoms. The fourth-order valence-electron chi connectivity index (χ4n) is 5.53. The number of amides is 1. The van der Waals surface area contributed by atoms with Crippen molar-refractivity contribution in [1.29, 1.82) is 0 Å². The van der Waals surface area contributed by atoms with Crippen molar-refractivity contribution in [2.75, 3.05) is 6.61 Å². The van der Waals surface area contributed by atoms with E-state index in [-0.39, 0.29) is 41.6 Å². The van der Waals surface area contributed by atoms with E-state index in [1.807, 2.05) is 0 Å². The molecule has 186 valence electrons. The standard InChI is InChI=1S/C25H36F3NO4/c1-23(2,3)16-6-9-18(10-7-16)33-20-12-5-15-13-17(24(4,14-30)29-22(31)32)8-11-19(15)21(20)25(26,27)28/h5,12,16-18,29-30H,6-11,13-14H2,1-4H3,(H,31,32)/t16?,17-,18?,24-/m0/s1. The first kappa shape index (κ1) is 25.7. The Morgan fingerprint density at radius 3 is 2.21 bits per heavy atom. The third kappa shape index (κ3) is 5.76. The average Bonchev–Trinajstić information content (AvgIpc) is 2.71. The first-order valence-corrected chi connectivity index (χ1v) is 11.7. The second-order valence-corrected chi connectivity index (χ2v) is 11.0. The Morgan fingerprint density at radius 1 is 1.06 bits per heavy atom. The van der Waals surface area contributed by atoms with Crippen molar-refractivity contribution in [1.82, 2.24) is 5.32 Å². The van der Waals surface area contributed by atoms with Crippen molar-refractivity contribution in [3.8, 4) is 5.75 Å². The van der Waals surface area contributed by atoms with Gasteiger partial charge in [0.05, 0.1) is 18.2 Å². The number of hydrogen-bond donors (Lipinski definition) is 3. The molecule has 1 fully saturated rings. The zero-order chi connectivity index (χ0) is 24.6. The number of halogens is 3. The summed E-state index contributed by atoms with van der Waals surface area (Å²) < 4.78 is 48.5. The van der Waals surface area contributed by atoms with Crippen LogP contribution in [0.15, 0.2) is 12.1 Å². The second kappa shape index (κ2) is 9.35. The van der Waals surface area contributed by atoms with Gasteiger partial charge in [0, 0.05) is 0 Å². The van der Waals surface area contributed by atoms with Gasteiger partial charge in [0.25, 0.3) is 0 Å². The van der Waals surface area contributed by atoms with Crippen molar-refractivity contribution >= 4 is 6.09 Å². The number of alkyl halides is 3. The predicted molar refractivity (Wildman–Crippen MR) is 119 cm³/mol. The molecule has 1 aromatic carbocycles. The molecule has 1 amide bonds. The van der Waals surface area contributed by atoms with Gasteiger partial charge in [0.2, 0.25) is 0 Å². The maximum Gasteiger partial charge on any atom is 0.420 e. The van der Waals surface area contributed by atoms with E-state index in [0.717, 1.165) is 25.7 Å². The molecule has 2 atom stereocenters. The van der Waals surface area contributed by atoms with Crippen LogP contribution in [0, 0.1) is 17.3 Å². The number of carboxylic acid groups (broad SMARTS) is 1. The summed E-state index contributed by atoms with van der Waals surface area (Å²) in [5.74, 6) is 0.124. The highest BCUT2D eigenvalue weighted by atomic mass is 19.4. The summed E-state index contributed by atoms with van der Waals surface area (Å²) in [5, 5.41) is 21.3. The van der Waals surface area contributed by atoms with E-state index in [1.165, 1.54) is 6.07 Å². The molecule has 0 heterocycles. The molecule has 0 spiro atoms. The summed E-state index contributed by atoms with van der Waals surface area (Å²) >= 11 is 0. The van der Waals surface area contributed by atoms with E-state index in [1.54, 1.807) is 13.0 Å². The van der Waals surface area contributed by atoms with Crippen molar-refractivity contribution in [2.45, 2.75) is 90.5 Å². The summed E-state index contributed by atoms with van der Waals surface area (Å²) in [5.41, 5.74) is -0.871. The largest absolute Gasteiger partial charge is 0.490 e. The maximum atomic E-state index is 14.2. The second-order valence-electron chi connectivity index (χ2n) is 11.0. The molecule has 5 nitrogen and oxygen atoms in total. The minimum atomic E-state index is -4.55. The lowest BCUT2D eigenvalue weighted by molar-refractivity contribution is -0.140. The minimum absolute atomic E-state index is 0.104. The van der Waals surface area contributed by atoms with E-state index < -0.39 is 30.0 Å². The van der Waals surface area contributed by atoms with Crippen LogP contribution in [-0.4, -0.2) is 34.6 Å². The fourth-order valence-corrected chi connectivity index (χ4v) is 5.53. The molecule has 3 N–H and O–H groups in total. The van der Waals surface area contributed by atoms with Gasteiger partial charge in [0.15, 0.2) is 0 Å². The number of nitrogens with one attached hydrogen (secondary N) is 1. The van der Waals surface area contributed by atoms with E-state index >= 15 is 0 Å². The molecule has 1 saturated carbocycles.